The summed E-state index contributed by atoms with van der Waals surface area (Å²) in [7, 11) is 0. The van der Waals surface area contributed by atoms with Crippen LogP contribution >= 0.6 is 0 Å². The van der Waals surface area contributed by atoms with E-state index in [2.05, 4.69) is 11.6 Å². The van der Waals surface area contributed by atoms with Crippen molar-refractivity contribution in [2.45, 2.75) is 19.4 Å². The lowest BCUT2D eigenvalue weighted by Crippen LogP contribution is -2.09. The molecule has 1 aromatic heterocycles. The van der Waals surface area contributed by atoms with Gasteiger partial charge in [0.05, 0.1) is 0 Å². The Morgan fingerprint density at radius 2 is 2.42 bits per heavy atom. The van der Waals surface area contributed by atoms with Crippen molar-refractivity contribution < 1.29 is 0 Å². The highest BCUT2D eigenvalue weighted by Gasteiger charge is 2.02. The summed E-state index contributed by atoms with van der Waals surface area (Å²) < 4.78 is 0. The van der Waals surface area contributed by atoms with E-state index < -0.39 is 0 Å². The van der Waals surface area contributed by atoms with E-state index >= 15 is 0 Å². The van der Waals surface area contributed by atoms with Crippen molar-refractivity contribution in [1.29, 1.82) is 0 Å². The molecule has 0 amide bonds. The van der Waals surface area contributed by atoms with Crippen LogP contribution in [0.5, 0.6) is 0 Å². The highest BCUT2D eigenvalue weighted by Crippen LogP contribution is 2.12. The van der Waals surface area contributed by atoms with Crippen molar-refractivity contribution in [3.8, 4) is 0 Å². The van der Waals surface area contributed by atoms with Crippen LogP contribution in [-0.2, 0) is 0 Å². The first-order chi connectivity index (χ1) is 5.74. The first kappa shape index (κ1) is 8.94. The minimum Gasteiger partial charge on any atom is -0.324 e. The fraction of sp³-hybridized carbons (Fsp3) is 0.300. The Balaban J connectivity index is 2.74. The molecule has 1 aromatic rings. The second-order valence-electron chi connectivity index (χ2n) is 2.86. The van der Waals surface area contributed by atoms with E-state index in [0.29, 0.717) is 0 Å². The number of aromatic nitrogens is 1. The number of aryl methyl sites for hydroxylation is 1. The topological polar surface area (TPSA) is 38.9 Å². The number of hydrogen-bond acceptors (Lipinski definition) is 2. The Hall–Kier alpha value is -1.15. The molecule has 0 aliphatic carbocycles. The smallest absolute Gasteiger partial charge is 0.0372 e. The molecular formula is C10H14N2. The zero-order valence-corrected chi connectivity index (χ0v) is 7.33. The van der Waals surface area contributed by atoms with E-state index in [-0.39, 0.29) is 6.04 Å². The highest BCUT2D eigenvalue weighted by molar-refractivity contribution is 5.17. The SMILES string of the molecule is C=CCC(N)c1ccc(C)nc1. The molecule has 0 aliphatic rings. The minimum absolute atomic E-state index is 0.0376. The Morgan fingerprint density at radius 1 is 1.67 bits per heavy atom. The molecule has 2 heteroatoms. The molecule has 0 radical (unpaired) electrons. The predicted octanol–water partition coefficient (Wildman–Crippen LogP) is 1.97. The number of nitrogens with two attached hydrogens (primary N) is 1. The van der Waals surface area contributed by atoms with Crippen molar-refractivity contribution in [3.05, 3.63) is 42.2 Å². The van der Waals surface area contributed by atoms with Crippen LogP contribution in [0.1, 0.15) is 23.7 Å². The van der Waals surface area contributed by atoms with Gasteiger partial charge in [0.1, 0.15) is 0 Å². The minimum atomic E-state index is 0.0376. The van der Waals surface area contributed by atoms with Gasteiger partial charge in [0, 0.05) is 17.9 Å². The summed E-state index contributed by atoms with van der Waals surface area (Å²) in [6.45, 7) is 5.60. The van der Waals surface area contributed by atoms with Crippen molar-refractivity contribution in [3.63, 3.8) is 0 Å². The Morgan fingerprint density at radius 3 is 2.92 bits per heavy atom. The number of nitrogens with zero attached hydrogens (tertiary/aromatic N) is 1. The van der Waals surface area contributed by atoms with Gasteiger partial charge in [0.15, 0.2) is 0 Å². The third-order valence-electron chi connectivity index (χ3n) is 1.78. The van der Waals surface area contributed by atoms with Crippen LogP contribution in [0.2, 0.25) is 0 Å². The van der Waals surface area contributed by atoms with E-state index in [1.165, 1.54) is 0 Å². The molecule has 0 aliphatic heterocycles. The van der Waals surface area contributed by atoms with Crippen LogP contribution < -0.4 is 5.73 Å². The van der Waals surface area contributed by atoms with Crippen molar-refractivity contribution in [2.75, 3.05) is 0 Å². The lowest BCUT2D eigenvalue weighted by Gasteiger charge is -2.08. The summed E-state index contributed by atoms with van der Waals surface area (Å²) in [5.74, 6) is 0. The average molecular weight is 162 g/mol. The molecule has 12 heavy (non-hydrogen) atoms. The largest absolute Gasteiger partial charge is 0.324 e. The molecule has 0 saturated heterocycles. The molecule has 0 fully saturated rings. The quantitative estimate of drug-likeness (QED) is 0.690. The van der Waals surface area contributed by atoms with Crippen molar-refractivity contribution >= 4 is 0 Å². The maximum atomic E-state index is 5.84. The van der Waals surface area contributed by atoms with Crippen LogP contribution in [0.4, 0.5) is 0 Å². The van der Waals surface area contributed by atoms with Crippen molar-refractivity contribution in [1.82, 2.24) is 4.98 Å². The summed E-state index contributed by atoms with van der Waals surface area (Å²) >= 11 is 0. The predicted molar refractivity (Wildman–Crippen MR) is 50.7 cm³/mol. The molecule has 1 heterocycles. The van der Waals surface area contributed by atoms with Gasteiger partial charge in [0.25, 0.3) is 0 Å². The van der Waals surface area contributed by atoms with Gasteiger partial charge in [-0.15, -0.1) is 6.58 Å². The molecule has 1 rings (SSSR count). The van der Waals surface area contributed by atoms with Crippen molar-refractivity contribution in [2.24, 2.45) is 5.73 Å². The zero-order chi connectivity index (χ0) is 8.97. The first-order valence-electron chi connectivity index (χ1n) is 4.03. The van der Waals surface area contributed by atoms with E-state index in [4.69, 9.17) is 5.73 Å². The molecule has 0 saturated carbocycles. The highest BCUT2D eigenvalue weighted by atomic mass is 14.7. The molecule has 1 unspecified atom stereocenters. The average Bonchev–Trinajstić information content (AvgIpc) is 2.06. The van der Waals surface area contributed by atoms with Gasteiger partial charge < -0.3 is 5.73 Å². The lowest BCUT2D eigenvalue weighted by molar-refractivity contribution is 0.736. The Labute approximate surface area is 73.1 Å². The molecule has 2 nitrogen and oxygen atoms in total. The summed E-state index contributed by atoms with van der Waals surface area (Å²) in [5, 5.41) is 0. The number of rotatable bonds is 3. The second-order valence-corrected chi connectivity index (χ2v) is 2.86. The third-order valence-corrected chi connectivity index (χ3v) is 1.78. The van der Waals surface area contributed by atoms with E-state index in [9.17, 15) is 0 Å². The maximum Gasteiger partial charge on any atom is 0.0372 e. The molecule has 0 spiro atoms. The van der Waals surface area contributed by atoms with Gasteiger partial charge in [-0.2, -0.15) is 0 Å². The fourth-order valence-electron chi connectivity index (χ4n) is 1.01. The van der Waals surface area contributed by atoms with E-state index in [1.54, 1.807) is 0 Å². The summed E-state index contributed by atoms with van der Waals surface area (Å²) in [6.07, 6.45) is 4.44. The van der Waals surface area contributed by atoms with E-state index in [1.807, 2.05) is 31.3 Å². The molecule has 0 aromatic carbocycles. The maximum absolute atomic E-state index is 5.84. The second kappa shape index (κ2) is 4.02. The summed E-state index contributed by atoms with van der Waals surface area (Å²) in [6, 6.07) is 4.02. The fourth-order valence-corrected chi connectivity index (χ4v) is 1.01. The van der Waals surface area contributed by atoms with Gasteiger partial charge in [-0.05, 0) is 25.0 Å². The third kappa shape index (κ3) is 2.17. The standard InChI is InChI=1S/C10H14N2/c1-3-4-10(11)9-6-5-8(2)12-7-9/h3,5-7,10H,1,4,11H2,2H3. The van der Waals surface area contributed by atoms with Crippen LogP contribution in [0.3, 0.4) is 0 Å². The number of hydrogen-bond donors (Lipinski definition) is 1. The summed E-state index contributed by atoms with van der Waals surface area (Å²) in [4.78, 5) is 4.17. The van der Waals surface area contributed by atoms with Crippen LogP contribution in [-0.4, -0.2) is 4.98 Å². The van der Waals surface area contributed by atoms with Gasteiger partial charge >= 0.3 is 0 Å². The Kier molecular flexibility index (Phi) is 3.00. The Bertz CT molecular complexity index is 251. The normalized spacial score (nSPS) is 12.5. The van der Waals surface area contributed by atoms with Gasteiger partial charge in [-0.1, -0.05) is 12.1 Å². The first-order valence-corrected chi connectivity index (χ1v) is 4.03. The van der Waals surface area contributed by atoms with Crippen LogP contribution in [0.15, 0.2) is 31.0 Å². The van der Waals surface area contributed by atoms with Gasteiger partial charge in [-0.25, -0.2) is 0 Å². The van der Waals surface area contributed by atoms with Gasteiger partial charge in [-0.3, -0.25) is 4.98 Å². The molecule has 0 bridgehead atoms. The van der Waals surface area contributed by atoms with Crippen LogP contribution in [0.25, 0.3) is 0 Å². The molecule has 1 atom stereocenters. The molecular weight excluding hydrogens is 148 g/mol. The van der Waals surface area contributed by atoms with Crippen LogP contribution in [0, 0.1) is 6.92 Å². The van der Waals surface area contributed by atoms with Gasteiger partial charge in [0.2, 0.25) is 0 Å². The molecule has 64 valence electrons. The monoisotopic (exact) mass is 162 g/mol. The lowest BCUT2D eigenvalue weighted by atomic mass is 10.1. The zero-order valence-electron chi connectivity index (χ0n) is 7.33. The number of pyridine rings is 1. The summed E-state index contributed by atoms with van der Waals surface area (Å²) in [5.41, 5.74) is 7.93. The van der Waals surface area contributed by atoms with E-state index in [0.717, 1.165) is 17.7 Å². The molecule has 2 N–H and O–H groups in total.